The molecule has 0 fully saturated rings. The minimum atomic E-state index is -0.539. The summed E-state index contributed by atoms with van der Waals surface area (Å²) in [5.74, 6) is -1.08. The topological polar surface area (TPSA) is 0 Å². The van der Waals surface area contributed by atoms with Gasteiger partial charge in [0.1, 0.15) is 11.6 Å². The lowest BCUT2D eigenvalue weighted by atomic mass is 10.00. The van der Waals surface area contributed by atoms with Gasteiger partial charge in [0.2, 0.25) is 0 Å². The fourth-order valence-corrected chi connectivity index (χ4v) is 3.31. The van der Waals surface area contributed by atoms with Crippen LogP contribution in [0.25, 0.3) is 0 Å². The van der Waals surface area contributed by atoms with Gasteiger partial charge in [-0.15, -0.1) is 0 Å². The van der Waals surface area contributed by atoms with Crippen LogP contribution >= 0.6 is 31.9 Å². The largest absolute Gasteiger partial charge is 0.207 e. The van der Waals surface area contributed by atoms with Gasteiger partial charge in [-0.05, 0) is 49.1 Å². The van der Waals surface area contributed by atoms with Crippen molar-refractivity contribution in [1.29, 1.82) is 0 Å². The molecule has 106 valence electrons. The number of rotatable bonds is 3. The molecule has 0 aromatic heterocycles. The molecule has 0 N–H and O–H groups in total. The summed E-state index contributed by atoms with van der Waals surface area (Å²) in [6, 6.07) is 8.64. The zero-order valence-corrected chi connectivity index (χ0v) is 14.4. The zero-order valence-electron chi connectivity index (χ0n) is 11.2. The Bertz CT molecular complexity index is 615. The van der Waals surface area contributed by atoms with Crippen LogP contribution in [-0.4, -0.2) is 0 Å². The van der Waals surface area contributed by atoms with E-state index in [1.54, 1.807) is 0 Å². The molecule has 0 amide bonds. The van der Waals surface area contributed by atoms with Crippen molar-refractivity contribution in [2.45, 2.75) is 25.1 Å². The summed E-state index contributed by atoms with van der Waals surface area (Å²) in [5, 5.41) is 0. The van der Waals surface area contributed by atoms with Crippen LogP contribution in [-0.2, 0) is 6.42 Å². The summed E-state index contributed by atoms with van der Waals surface area (Å²) in [5.41, 5.74) is 3.52. The first-order chi connectivity index (χ1) is 9.38. The number of benzene rings is 2. The summed E-state index contributed by atoms with van der Waals surface area (Å²) in [6.45, 7) is 4.07. The third-order valence-electron chi connectivity index (χ3n) is 3.34. The summed E-state index contributed by atoms with van der Waals surface area (Å²) in [4.78, 5) is -0.391. The Hall–Kier alpha value is -0.740. The maximum atomic E-state index is 13.9. The average molecular weight is 404 g/mol. The van der Waals surface area contributed by atoms with Gasteiger partial charge in [0, 0.05) is 14.9 Å². The minimum Gasteiger partial charge on any atom is -0.207 e. The molecule has 0 bridgehead atoms. The first-order valence-electron chi connectivity index (χ1n) is 6.23. The van der Waals surface area contributed by atoms with Gasteiger partial charge in [0.25, 0.3) is 0 Å². The Morgan fingerprint density at radius 3 is 2.15 bits per heavy atom. The fourth-order valence-electron chi connectivity index (χ4n) is 2.09. The van der Waals surface area contributed by atoms with Crippen molar-refractivity contribution < 1.29 is 8.78 Å². The van der Waals surface area contributed by atoms with E-state index in [0.29, 0.717) is 10.9 Å². The van der Waals surface area contributed by atoms with E-state index >= 15 is 0 Å². The second kappa shape index (κ2) is 6.35. The lowest BCUT2D eigenvalue weighted by molar-refractivity contribution is 0.552. The molecule has 2 aromatic carbocycles. The Morgan fingerprint density at radius 2 is 1.60 bits per heavy atom. The van der Waals surface area contributed by atoms with Crippen LogP contribution in [0, 0.1) is 25.5 Å². The second-order valence-electron chi connectivity index (χ2n) is 4.87. The van der Waals surface area contributed by atoms with Crippen LogP contribution in [0.4, 0.5) is 8.78 Å². The quantitative estimate of drug-likeness (QED) is 0.549. The number of halogens is 4. The highest BCUT2D eigenvalue weighted by Crippen LogP contribution is 2.33. The molecule has 2 rings (SSSR count). The van der Waals surface area contributed by atoms with Crippen molar-refractivity contribution in [2.75, 3.05) is 0 Å². The molecule has 0 saturated heterocycles. The molecule has 1 unspecified atom stereocenters. The Morgan fingerprint density at radius 1 is 1.00 bits per heavy atom. The monoisotopic (exact) mass is 402 g/mol. The van der Waals surface area contributed by atoms with Gasteiger partial charge in [0.05, 0.1) is 0 Å². The predicted molar refractivity (Wildman–Crippen MR) is 85.3 cm³/mol. The molecular weight excluding hydrogens is 390 g/mol. The molecular formula is C16H14Br2F2. The third-order valence-corrected chi connectivity index (χ3v) is 4.58. The molecule has 4 heteroatoms. The fraction of sp³-hybridized carbons (Fsp3) is 0.250. The standard InChI is InChI=1S/C16H14Br2F2/c1-9-3-4-11(5-10(9)2)6-13(18)16-14(19)7-12(17)8-15(16)20/h3-5,7-8,13H,6H2,1-2H3. The van der Waals surface area contributed by atoms with Gasteiger partial charge in [-0.1, -0.05) is 50.1 Å². The molecule has 0 nitrogen and oxygen atoms in total. The van der Waals surface area contributed by atoms with Gasteiger partial charge >= 0.3 is 0 Å². The van der Waals surface area contributed by atoms with E-state index < -0.39 is 16.5 Å². The number of alkyl halides is 1. The number of hydrogen-bond acceptors (Lipinski definition) is 0. The summed E-state index contributed by atoms with van der Waals surface area (Å²) >= 11 is 6.48. The van der Waals surface area contributed by atoms with Crippen molar-refractivity contribution in [3.05, 3.63) is 68.7 Å². The van der Waals surface area contributed by atoms with Gasteiger partial charge in [-0.25, -0.2) is 8.78 Å². The van der Waals surface area contributed by atoms with Crippen LogP contribution in [0.2, 0.25) is 0 Å². The van der Waals surface area contributed by atoms with E-state index in [1.165, 1.54) is 23.3 Å². The summed E-state index contributed by atoms with van der Waals surface area (Å²) < 4.78 is 28.2. The molecule has 0 aliphatic heterocycles. The van der Waals surface area contributed by atoms with Crippen LogP contribution in [0.5, 0.6) is 0 Å². The lowest BCUT2D eigenvalue weighted by Gasteiger charge is -2.14. The van der Waals surface area contributed by atoms with Crippen molar-refractivity contribution in [3.8, 4) is 0 Å². The summed E-state index contributed by atoms with van der Waals surface area (Å²) in [6.07, 6.45) is 0.538. The molecule has 0 heterocycles. The molecule has 2 aromatic rings. The zero-order chi connectivity index (χ0) is 14.9. The van der Waals surface area contributed by atoms with Crippen LogP contribution < -0.4 is 0 Å². The maximum Gasteiger partial charge on any atom is 0.131 e. The smallest absolute Gasteiger partial charge is 0.131 e. The van der Waals surface area contributed by atoms with Crippen LogP contribution in [0.3, 0.4) is 0 Å². The molecule has 0 aliphatic rings. The molecule has 1 atom stereocenters. The number of aryl methyl sites for hydroxylation is 2. The van der Waals surface area contributed by atoms with E-state index in [1.807, 2.05) is 26.0 Å². The Labute approximate surface area is 134 Å². The molecule has 0 radical (unpaired) electrons. The van der Waals surface area contributed by atoms with E-state index in [9.17, 15) is 8.78 Å². The minimum absolute atomic E-state index is 0.0754. The predicted octanol–water partition coefficient (Wildman–Crippen LogP) is 6.02. The van der Waals surface area contributed by atoms with Crippen molar-refractivity contribution in [2.24, 2.45) is 0 Å². The van der Waals surface area contributed by atoms with Crippen LogP contribution in [0.15, 0.2) is 34.8 Å². The highest BCUT2D eigenvalue weighted by molar-refractivity contribution is 9.10. The molecule has 0 spiro atoms. The van der Waals surface area contributed by atoms with Gasteiger partial charge < -0.3 is 0 Å². The van der Waals surface area contributed by atoms with Gasteiger partial charge in [-0.3, -0.25) is 0 Å². The molecule has 0 saturated carbocycles. The van der Waals surface area contributed by atoms with E-state index in [0.717, 1.165) is 5.56 Å². The average Bonchev–Trinajstić information content (AvgIpc) is 2.32. The third kappa shape index (κ3) is 3.47. The van der Waals surface area contributed by atoms with E-state index in [2.05, 4.69) is 37.9 Å². The van der Waals surface area contributed by atoms with Gasteiger partial charge in [-0.2, -0.15) is 0 Å². The molecule has 20 heavy (non-hydrogen) atoms. The normalized spacial score (nSPS) is 12.5. The first-order valence-corrected chi connectivity index (χ1v) is 7.94. The van der Waals surface area contributed by atoms with Crippen molar-refractivity contribution >= 4 is 31.9 Å². The molecule has 0 aliphatic carbocycles. The van der Waals surface area contributed by atoms with Crippen LogP contribution in [0.1, 0.15) is 27.1 Å². The van der Waals surface area contributed by atoms with Crippen molar-refractivity contribution in [1.82, 2.24) is 0 Å². The summed E-state index contributed by atoms with van der Waals surface area (Å²) in [7, 11) is 0. The SMILES string of the molecule is Cc1ccc(CC(Br)c2c(F)cc(Br)cc2F)cc1C. The second-order valence-corrected chi connectivity index (χ2v) is 6.89. The Kier molecular flexibility index (Phi) is 4.97. The Balaban J connectivity index is 2.28. The highest BCUT2D eigenvalue weighted by atomic mass is 79.9. The maximum absolute atomic E-state index is 13.9. The van der Waals surface area contributed by atoms with Crippen molar-refractivity contribution in [3.63, 3.8) is 0 Å². The van der Waals surface area contributed by atoms with E-state index in [4.69, 9.17) is 0 Å². The first kappa shape index (κ1) is 15.6. The highest BCUT2D eigenvalue weighted by Gasteiger charge is 2.19. The van der Waals surface area contributed by atoms with Gasteiger partial charge in [0.15, 0.2) is 0 Å². The van der Waals surface area contributed by atoms with E-state index in [-0.39, 0.29) is 5.56 Å². The lowest BCUT2D eigenvalue weighted by Crippen LogP contribution is -2.03. The number of hydrogen-bond donors (Lipinski definition) is 0.